The molecule has 1 N–H and O–H groups in total. The van der Waals surface area contributed by atoms with Crippen molar-refractivity contribution in [3.63, 3.8) is 0 Å². The molecule has 1 aliphatic rings. The van der Waals surface area contributed by atoms with Crippen LogP contribution in [-0.2, 0) is 12.3 Å². The molecule has 1 aliphatic carbocycles. The van der Waals surface area contributed by atoms with Crippen molar-refractivity contribution >= 4 is 28.7 Å². The smallest absolute Gasteiger partial charge is 0.251 e. The zero-order valence-electron chi connectivity index (χ0n) is 18.2. The zero-order valence-corrected chi connectivity index (χ0v) is 19.0. The van der Waals surface area contributed by atoms with Crippen LogP contribution < -0.4 is 5.32 Å². The number of hydrogen-bond acceptors (Lipinski definition) is 4. The molecule has 5 nitrogen and oxygen atoms in total. The number of carbonyl (C=O) groups excluding carboxylic acids is 1. The number of carbonyl (C=O) groups is 1. The molecule has 2 heterocycles. The van der Waals surface area contributed by atoms with Gasteiger partial charge in [0.1, 0.15) is 5.82 Å². The summed E-state index contributed by atoms with van der Waals surface area (Å²) < 4.78 is 15.8. The molecule has 4 aromatic rings. The lowest BCUT2D eigenvalue weighted by molar-refractivity contribution is 0.0938. The summed E-state index contributed by atoms with van der Waals surface area (Å²) in [6.45, 7) is 0.516. The molecule has 7 heteroatoms. The second-order valence-corrected chi connectivity index (χ2v) is 9.36. The number of benzene rings is 2. The van der Waals surface area contributed by atoms with Gasteiger partial charge in [0, 0.05) is 23.6 Å². The van der Waals surface area contributed by atoms with Gasteiger partial charge in [0.2, 0.25) is 0 Å². The highest BCUT2D eigenvalue weighted by atomic mass is 32.2. The molecule has 2 aromatic carbocycles. The van der Waals surface area contributed by atoms with Gasteiger partial charge in [-0.15, -0.1) is 0 Å². The minimum absolute atomic E-state index is 0.00508. The quantitative estimate of drug-likeness (QED) is 0.366. The maximum atomic E-state index is 13.7. The van der Waals surface area contributed by atoms with Crippen molar-refractivity contribution in [2.24, 2.45) is 0 Å². The largest absolute Gasteiger partial charge is 0.349 e. The highest BCUT2D eigenvalue weighted by Crippen LogP contribution is 2.28. The SMILES string of the molecule is O=C(NC1CCCC1)c1ccc(CSc2nc3ccncc3n2Cc2cccc(F)c2)cc1. The third kappa shape index (κ3) is 5.09. The fourth-order valence-electron chi connectivity index (χ4n) is 4.27. The van der Waals surface area contributed by atoms with Crippen molar-refractivity contribution in [3.8, 4) is 0 Å². The molecular formula is C26H25FN4OS. The molecule has 0 bridgehead atoms. The van der Waals surface area contributed by atoms with Gasteiger partial charge in [0.05, 0.1) is 23.8 Å². The first kappa shape index (κ1) is 21.6. The number of nitrogens with zero attached hydrogens (tertiary/aromatic N) is 3. The van der Waals surface area contributed by atoms with Crippen molar-refractivity contribution in [1.29, 1.82) is 0 Å². The van der Waals surface area contributed by atoms with Crippen molar-refractivity contribution in [2.45, 2.75) is 49.2 Å². The van der Waals surface area contributed by atoms with Gasteiger partial charge in [0.15, 0.2) is 5.16 Å². The lowest BCUT2D eigenvalue weighted by atomic mass is 10.1. The molecular weight excluding hydrogens is 435 g/mol. The zero-order chi connectivity index (χ0) is 22.6. The summed E-state index contributed by atoms with van der Waals surface area (Å²) in [7, 11) is 0. The Hall–Kier alpha value is -3.19. The molecule has 0 atom stereocenters. The summed E-state index contributed by atoms with van der Waals surface area (Å²) >= 11 is 1.62. The Bertz CT molecular complexity index is 1270. The Kier molecular flexibility index (Phi) is 6.39. The van der Waals surface area contributed by atoms with Crippen LogP contribution in [0.3, 0.4) is 0 Å². The van der Waals surface area contributed by atoms with E-state index in [1.807, 2.05) is 36.4 Å². The number of imidazole rings is 1. The second kappa shape index (κ2) is 9.75. The van der Waals surface area contributed by atoms with E-state index < -0.39 is 0 Å². The summed E-state index contributed by atoms with van der Waals surface area (Å²) in [5.74, 6) is 0.469. The minimum Gasteiger partial charge on any atom is -0.349 e. The summed E-state index contributed by atoms with van der Waals surface area (Å²) in [6, 6.07) is 16.6. The van der Waals surface area contributed by atoms with E-state index in [0.717, 1.165) is 40.2 Å². The molecule has 0 saturated heterocycles. The molecule has 0 spiro atoms. The molecule has 1 fully saturated rings. The normalized spacial score (nSPS) is 14.1. The van der Waals surface area contributed by atoms with Crippen LogP contribution in [0.25, 0.3) is 11.0 Å². The third-order valence-electron chi connectivity index (χ3n) is 6.02. The van der Waals surface area contributed by atoms with Crippen molar-refractivity contribution in [2.75, 3.05) is 0 Å². The molecule has 168 valence electrons. The lowest BCUT2D eigenvalue weighted by Gasteiger charge is -2.12. The molecule has 2 aromatic heterocycles. The number of hydrogen-bond donors (Lipinski definition) is 1. The van der Waals surface area contributed by atoms with Crippen molar-refractivity contribution < 1.29 is 9.18 Å². The van der Waals surface area contributed by atoms with Gasteiger partial charge < -0.3 is 9.88 Å². The van der Waals surface area contributed by atoms with Gasteiger partial charge >= 0.3 is 0 Å². The monoisotopic (exact) mass is 460 g/mol. The number of aromatic nitrogens is 3. The Morgan fingerprint density at radius 2 is 1.91 bits per heavy atom. The predicted molar refractivity (Wildman–Crippen MR) is 129 cm³/mol. The second-order valence-electron chi connectivity index (χ2n) is 8.42. The number of pyridine rings is 1. The first-order valence-electron chi connectivity index (χ1n) is 11.2. The fraction of sp³-hybridized carbons (Fsp3) is 0.269. The maximum absolute atomic E-state index is 13.7. The van der Waals surface area contributed by atoms with Gasteiger partial charge in [-0.05, 0) is 54.3 Å². The molecule has 0 aliphatic heterocycles. The number of amides is 1. The van der Waals surface area contributed by atoms with Crippen LogP contribution in [0.5, 0.6) is 0 Å². The molecule has 1 saturated carbocycles. The van der Waals surface area contributed by atoms with Gasteiger partial charge in [-0.25, -0.2) is 9.37 Å². The fourth-order valence-corrected chi connectivity index (χ4v) is 5.24. The van der Waals surface area contributed by atoms with E-state index in [4.69, 9.17) is 4.98 Å². The van der Waals surface area contributed by atoms with Crippen LogP contribution >= 0.6 is 11.8 Å². The molecule has 0 radical (unpaired) electrons. The topological polar surface area (TPSA) is 59.8 Å². The van der Waals surface area contributed by atoms with E-state index >= 15 is 0 Å². The molecule has 5 rings (SSSR count). The number of fused-ring (bicyclic) bond motifs is 1. The van der Waals surface area contributed by atoms with E-state index in [1.54, 1.807) is 36.3 Å². The minimum atomic E-state index is -0.249. The predicted octanol–water partition coefficient (Wildman–Crippen LogP) is 5.58. The first-order chi connectivity index (χ1) is 16.2. The van der Waals surface area contributed by atoms with E-state index in [1.165, 1.54) is 18.9 Å². The van der Waals surface area contributed by atoms with Crippen molar-refractivity contribution in [3.05, 3.63) is 89.5 Å². The summed E-state index contributed by atoms with van der Waals surface area (Å²) in [5, 5.41) is 3.98. The van der Waals surface area contributed by atoms with Crippen LogP contribution in [0.4, 0.5) is 4.39 Å². The summed E-state index contributed by atoms with van der Waals surface area (Å²) in [5.41, 5.74) is 4.46. The highest BCUT2D eigenvalue weighted by molar-refractivity contribution is 7.98. The van der Waals surface area contributed by atoms with Gasteiger partial charge in [-0.3, -0.25) is 9.78 Å². The van der Waals surface area contributed by atoms with Crippen molar-refractivity contribution in [1.82, 2.24) is 19.9 Å². The van der Waals surface area contributed by atoms with Gasteiger partial charge in [-0.2, -0.15) is 0 Å². The summed E-state index contributed by atoms with van der Waals surface area (Å²) in [4.78, 5) is 21.5. The Balaban J connectivity index is 1.30. The molecule has 1 amide bonds. The van der Waals surface area contributed by atoms with E-state index in [2.05, 4.69) is 14.9 Å². The highest BCUT2D eigenvalue weighted by Gasteiger charge is 2.18. The number of thioether (sulfide) groups is 1. The van der Waals surface area contributed by atoms with E-state index in [9.17, 15) is 9.18 Å². The number of nitrogens with one attached hydrogen (secondary N) is 1. The van der Waals surface area contributed by atoms with E-state index in [-0.39, 0.29) is 11.7 Å². The van der Waals surface area contributed by atoms with Crippen LogP contribution in [0.1, 0.15) is 47.2 Å². The molecule has 0 unspecified atom stereocenters. The van der Waals surface area contributed by atoms with Crippen LogP contribution in [0.2, 0.25) is 0 Å². The first-order valence-corrected chi connectivity index (χ1v) is 12.2. The number of rotatable bonds is 7. The Morgan fingerprint density at radius 3 is 2.70 bits per heavy atom. The third-order valence-corrected chi connectivity index (χ3v) is 7.07. The Morgan fingerprint density at radius 1 is 1.09 bits per heavy atom. The number of halogens is 1. The van der Waals surface area contributed by atoms with Crippen LogP contribution in [0.15, 0.2) is 72.1 Å². The standard InChI is InChI=1S/C26H25FN4OS/c27-21-5-3-4-19(14-21)16-31-24-15-28-13-12-23(24)30-26(31)33-17-18-8-10-20(11-9-18)25(32)29-22-6-1-2-7-22/h3-5,8-15,22H,1-2,6-7,16-17H2,(H,29,32). The van der Waals surface area contributed by atoms with E-state index in [0.29, 0.717) is 23.9 Å². The van der Waals surface area contributed by atoms with Crippen LogP contribution in [0, 0.1) is 5.82 Å². The Labute approximate surface area is 196 Å². The van der Waals surface area contributed by atoms with Crippen LogP contribution in [-0.4, -0.2) is 26.5 Å². The average molecular weight is 461 g/mol. The maximum Gasteiger partial charge on any atom is 0.251 e. The lowest BCUT2D eigenvalue weighted by Crippen LogP contribution is -2.32. The summed E-state index contributed by atoms with van der Waals surface area (Å²) in [6.07, 6.45) is 8.07. The van der Waals surface area contributed by atoms with Gasteiger partial charge in [-0.1, -0.05) is 48.9 Å². The average Bonchev–Trinajstić information content (AvgIpc) is 3.46. The van der Waals surface area contributed by atoms with Gasteiger partial charge in [0.25, 0.3) is 5.91 Å². The molecule has 33 heavy (non-hydrogen) atoms.